The molecule has 0 aliphatic carbocycles. The summed E-state index contributed by atoms with van der Waals surface area (Å²) in [6, 6.07) is 14.9. The molecular formula is C19H23FN2O. The molecule has 1 amide bonds. The lowest BCUT2D eigenvalue weighted by Crippen LogP contribution is -2.29. The number of carbonyl (C=O) groups is 1. The lowest BCUT2D eigenvalue weighted by atomic mass is 10.0. The van der Waals surface area contributed by atoms with Gasteiger partial charge in [-0.25, -0.2) is 4.39 Å². The summed E-state index contributed by atoms with van der Waals surface area (Å²) in [5.74, 6) is -0.127. The lowest BCUT2D eigenvalue weighted by Gasteiger charge is -2.21. The van der Waals surface area contributed by atoms with Crippen LogP contribution >= 0.6 is 0 Å². The second-order valence-electron chi connectivity index (χ2n) is 5.92. The van der Waals surface area contributed by atoms with Crippen molar-refractivity contribution in [1.29, 1.82) is 0 Å². The molecule has 0 saturated carbocycles. The summed E-state index contributed by atoms with van der Waals surface area (Å²) in [5.41, 5.74) is 2.70. The van der Waals surface area contributed by atoms with Crippen LogP contribution in [-0.2, 0) is 11.3 Å². The zero-order valence-electron chi connectivity index (χ0n) is 13.8. The molecule has 1 N–H and O–H groups in total. The fraction of sp³-hybridized carbons (Fsp3) is 0.316. The van der Waals surface area contributed by atoms with Gasteiger partial charge >= 0.3 is 0 Å². The van der Waals surface area contributed by atoms with E-state index in [1.54, 1.807) is 32.0 Å². The summed E-state index contributed by atoms with van der Waals surface area (Å²) in [4.78, 5) is 13.7. The van der Waals surface area contributed by atoms with Crippen LogP contribution in [0.3, 0.4) is 0 Å². The average Bonchev–Trinajstić information content (AvgIpc) is 2.55. The minimum atomic E-state index is -0.198. The normalized spacial score (nSPS) is 12.0. The largest absolute Gasteiger partial charge is 0.349 e. The van der Waals surface area contributed by atoms with Crippen LogP contribution in [0.5, 0.6) is 0 Å². The van der Waals surface area contributed by atoms with E-state index < -0.39 is 0 Å². The highest BCUT2D eigenvalue weighted by molar-refractivity contribution is 5.76. The van der Waals surface area contributed by atoms with Crippen molar-refractivity contribution in [3.05, 3.63) is 71.0 Å². The number of carbonyl (C=O) groups excluding carboxylic acids is 1. The van der Waals surface area contributed by atoms with Crippen LogP contribution in [0.1, 0.15) is 29.2 Å². The fourth-order valence-corrected chi connectivity index (χ4v) is 2.41. The maximum Gasteiger partial charge on any atom is 0.223 e. The SMILES string of the molecule is Cc1cc(CN[C@@H](CC(=O)N(C)C)c2ccccc2)ccc1F. The van der Waals surface area contributed by atoms with Gasteiger partial charge in [-0.2, -0.15) is 0 Å². The highest BCUT2D eigenvalue weighted by Gasteiger charge is 2.16. The quantitative estimate of drug-likeness (QED) is 0.886. The highest BCUT2D eigenvalue weighted by atomic mass is 19.1. The molecule has 0 aliphatic rings. The molecule has 3 nitrogen and oxygen atoms in total. The third-order valence-corrected chi connectivity index (χ3v) is 3.85. The highest BCUT2D eigenvalue weighted by Crippen LogP contribution is 2.19. The molecule has 0 heterocycles. The number of nitrogens with one attached hydrogen (secondary N) is 1. The molecule has 4 heteroatoms. The molecule has 2 aromatic carbocycles. The molecule has 122 valence electrons. The van der Waals surface area contributed by atoms with E-state index in [1.165, 1.54) is 6.07 Å². The van der Waals surface area contributed by atoms with E-state index in [9.17, 15) is 9.18 Å². The van der Waals surface area contributed by atoms with Crippen molar-refractivity contribution in [3.63, 3.8) is 0 Å². The van der Waals surface area contributed by atoms with Gasteiger partial charge in [0.1, 0.15) is 5.82 Å². The number of aryl methyl sites for hydroxylation is 1. The smallest absolute Gasteiger partial charge is 0.223 e. The van der Waals surface area contributed by atoms with Gasteiger partial charge in [0.25, 0.3) is 0 Å². The van der Waals surface area contributed by atoms with Crippen molar-refractivity contribution < 1.29 is 9.18 Å². The Hall–Kier alpha value is -2.20. The molecule has 0 aromatic heterocycles. The Morgan fingerprint density at radius 3 is 2.48 bits per heavy atom. The monoisotopic (exact) mass is 314 g/mol. The van der Waals surface area contributed by atoms with Crippen LogP contribution in [-0.4, -0.2) is 24.9 Å². The first-order valence-electron chi connectivity index (χ1n) is 7.71. The molecule has 23 heavy (non-hydrogen) atoms. The summed E-state index contributed by atoms with van der Waals surface area (Å²) >= 11 is 0. The standard InChI is InChI=1S/C19H23FN2O/c1-14-11-15(9-10-17(14)20)13-21-18(12-19(23)22(2)3)16-7-5-4-6-8-16/h4-11,18,21H,12-13H2,1-3H3/t18-/m0/s1. The van der Waals surface area contributed by atoms with Crippen LogP contribution in [0.4, 0.5) is 4.39 Å². The zero-order valence-corrected chi connectivity index (χ0v) is 13.8. The van der Waals surface area contributed by atoms with Crippen LogP contribution in [0.2, 0.25) is 0 Å². The fourth-order valence-electron chi connectivity index (χ4n) is 2.41. The number of halogens is 1. The van der Waals surface area contributed by atoms with Gasteiger partial charge in [0.15, 0.2) is 0 Å². The lowest BCUT2D eigenvalue weighted by molar-refractivity contribution is -0.129. The first-order chi connectivity index (χ1) is 11.0. The summed E-state index contributed by atoms with van der Waals surface area (Å²) in [5, 5.41) is 3.41. The number of nitrogens with zero attached hydrogens (tertiary/aromatic N) is 1. The van der Waals surface area contributed by atoms with E-state index in [2.05, 4.69) is 5.32 Å². The molecule has 0 saturated heterocycles. The van der Waals surface area contributed by atoms with Crippen molar-refractivity contribution >= 4 is 5.91 Å². The van der Waals surface area contributed by atoms with Crippen molar-refractivity contribution in [2.75, 3.05) is 14.1 Å². The first-order valence-corrected chi connectivity index (χ1v) is 7.71. The van der Waals surface area contributed by atoms with E-state index in [-0.39, 0.29) is 17.8 Å². The molecule has 0 unspecified atom stereocenters. The maximum absolute atomic E-state index is 13.4. The number of amides is 1. The maximum atomic E-state index is 13.4. The third kappa shape index (κ3) is 4.89. The van der Waals surface area contributed by atoms with Crippen molar-refractivity contribution in [1.82, 2.24) is 10.2 Å². The Balaban J connectivity index is 2.11. The summed E-state index contributed by atoms with van der Waals surface area (Å²) in [7, 11) is 3.52. The van der Waals surface area contributed by atoms with E-state index >= 15 is 0 Å². The van der Waals surface area contributed by atoms with Crippen LogP contribution in [0.25, 0.3) is 0 Å². The van der Waals surface area contributed by atoms with Crippen molar-refractivity contribution in [2.45, 2.75) is 25.9 Å². The van der Waals surface area contributed by atoms with Gasteiger partial charge in [0.2, 0.25) is 5.91 Å². The third-order valence-electron chi connectivity index (χ3n) is 3.85. The second kappa shape index (κ2) is 7.88. The Bertz CT molecular complexity index is 656. The summed E-state index contributed by atoms with van der Waals surface area (Å²) in [6.45, 7) is 2.34. The number of rotatable bonds is 6. The van der Waals surface area contributed by atoms with Gasteiger partial charge < -0.3 is 10.2 Å². The number of benzene rings is 2. The Morgan fingerprint density at radius 2 is 1.87 bits per heavy atom. The van der Waals surface area contributed by atoms with E-state index in [0.29, 0.717) is 18.5 Å². The van der Waals surface area contributed by atoms with Crippen LogP contribution in [0, 0.1) is 12.7 Å². The van der Waals surface area contributed by atoms with E-state index in [4.69, 9.17) is 0 Å². The molecule has 2 aromatic rings. The van der Waals surface area contributed by atoms with Gasteiger partial charge in [-0.15, -0.1) is 0 Å². The van der Waals surface area contributed by atoms with E-state index in [0.717, 1.165) is 11.1 Å². The summed E-state index contributed by atoms with van der Waals surface area (Å²) < 4.78 is 13.4. The van der Waals surface area contributed by atoms with Crippen LogP contribution in [0.15, 0.2) is 48.5 Å². The van der Waals surface area contributed by atoms with Gasteiger partial charge in [-0.05, 0) is 29.7 Å². The molecular weight excluding hydrogens is 291 g/mol. The Labute approximate surface area is 137 Å². The predicted octanol–water partition coefficient (Wildman–Crippen LogP) is 3.44. The Morgan fingerprint density at radius 1 is 1.17 bits per heavy atom. The molecule has 0 aliphatic heterocycles. The molecule has 0 spiro atoms. The average molecular weight is 314 g/mol. The first kappa shape index (κ1) is 17.2. The second-order valence-corrected chi connectivity index (χ2v) is 5.92. The minimum Gasteiger partial charge on any atom is -0.349 e. The van der Waals surface area contributed by atoms with Gasteiger partial charge in [0.05, 0.1) is 0 Å². The number of hydrogen-bond acceptors (Lipinski definition) is 2. The minimum absolute atomic E-state index is 0.0710. The molecule has 0 radical (unpaired) electrons. The zero-order chi connectivity index (χ0) is 16.8. The van der Waals surface area contributed by atoms with E-state index in [1.807, 2.05) is 36.4 Å². The number of hydrogen-bond donors (Lipinski definition) is 1. The summed E-state index contributed by atoms with van der Waals surface area (Å²) in [6.07, 6.45) is 0.386. The van der Waals surface area contributed by atoms with Gasteiger partial charge in [-0.3, -0.25) is 4.79 Å². The predicted molar refractivity (Wildman–Crippen MR) is 90.5 cm³/mol. The van der Waals surface area contributed by atoms with Crippen LogP contribution < -0.4 is 5.32 Å². The van der Waals surface area contributed by atoms with Crippen molar-refractivity contribution in [2.24, 2.45) is 0 Å². The molecule has 2 rings (SSSR count). The Kier molecular flexibility index (Phi) is 5.88. The molecule has 1 atom stereocenters. The van der Waals surface area contributed by atoms with Gasteiger partial charge in [-0.1, -0.05) is 42.5 Å². The topological polar surface area (TPSA) is 32.3 Å². The van der Waals surface area contributed by atoms with Crippen molar-refractivity contribution in [3.8, 4) is 0 Å². The van der Waals surface area contributed by atoms with Gasteiger partial charge in [0, 0.05) is 33.1 Å². The molecule has 0 fully saturated rings. The molecule has 0 bridgehead atoms.